The number of aromatic nitrogens is 2. The molecule has 4 nitrogen and oxygen atoms in total. The number of rotatable bonds is 3. The molecule has 2 aromatic rings. The minimum absolute atomic E-state index is 0.0172. The molecule has 0 aliphatic carbocycles. The Hall–Kier alpha value is -1.96. The first kappa shape index (κ1) is 14.4. The number of benzene rings is 1. The molecule has 0 aliphatic rings. The van der Waals surface area contributed by atoms with Crippen LogP contribution >= 0.6 is 11.5 Å². The highest BCUT2D eigenvalue weighted by molar-refractivity contribution is 7.08. The first-order valence-corrected chi connectivity index (χ1v) is 6.33. The molecule has 0 saturated heterocycles. The van der Waals surface area contributed by atoms with Gasteiger partial charge in [-0.2, -0.15) is 0 Å². The Balaban J connectivity index is 2.37. The lowest BCUT2D eigenvalue weighted by molar-refractivity contribution is 0.0981. The van der Waals surface area contributed by atoms with Crippen LogP contribution in [0.15, 0.2) is 18.2 Å². The van der Waals surface area contributed by atoms with Crippen LogP contribution < -0.4 is 4.90 Å². The lowest BCUT2D eigenvalue weighted by Gasteiger charge is -2.17. The minimum Gasteiger partial charge on any atom is -0.308 e. The molecule has 1 amide bonds. The molecule has 0 atom stereocenters. The largest absolute Gasteiger partial charge is 0.308 e. The van der Waals surface area contributed by atoms with Crippen molar-refractivity contribution in [1.82, 2.24) is 9.59 Å². The van der Waals surface area contributed by atoms with Crippen LogP contribution in [0.2, 0.25) is 0 Å². The summed E-state index contributed by atoms with van der Waals surface area (Å²) >= 11 is 0.564. The van der Waals surface area contributed by atoms with E-state index in [-0.39, 0.29) is 10.6 Å². The van der Waals surface area contributed by atoms with Gasteiger partial charge in [0.25, 0.3) is 12.3 Å². The number of hydrogen-bond donors (Lipinski definition) is 0. The van der Waals surface area contributed by atoms with Gasteiger partial charge in [0.1, 0.15) is 10.7 Å². The molecule has 0 spiro atoms. The summed E-state index contributed by atoms with van der Waals surface area (Å²) in [6.45, 7) is 1.74. The lowest BCUT2D eigenvalue weighted by Crippen LogP contribution is -2.27. The first-order valence-electron chi connectivity index (χ1n) is 5.56. The Morgan fingerprint density at radius 1 is 1.40 bits per heavy atom. The third-order valence-corrected chi connectivity index (χ3v) is 3.41. The Labute approximate surface area is 117 Å². The van der Waals surface area contributed by atoms with Crippen molar-refractivity contribution in [3.8, 4) is 0 Å². The van der Waals surface area contributed by atoms with Crippen molar-refractivity contribution in [1.29, 1.82) is 0 Å². The Morgan fingerprint density at radius 2 is 2.10 bits per heavy atom. The molecule has 106 valence electrons. The number of nitrogens with zero attached hydrogens (tertiary/aromatic N) is 3. The summed E-state index contributed by atoms with van der Waals surface area (Å²) in [6.07, 6.45) is -2.90. The SMILES string of the molecule is Cc1ccc(F)c(N(C)C(=O)c2snnc2C(F)F)c1. The van der Waals surface area contributed by atoms with E-state index < -0.39 is 23.8 Å². The van der Waals surface area contributed by atoms with Crippen LogP contribution in [-0.4, -0.2) is 22.5 Å². The zero-order valence-corrected chi connectivity index (χ0v) is 11.4. The van der Waals surface area contributed by atoms with E-state index in [0.29, 0.717) is 11.5 Å². The van der Waals surface area contributed by atoms with Crippen molar-refractivity contribution in [3.05, 3.63) is 40.2 Å². The Morgan fingerprint density at radius 3 is 2.75 bits per heavy atom. The predicted molar refractivity (Wildman–Crippen MR) is 68.7 cm³/mol. The van der Waals surface area contributed by atoms with Gasteiger partial charge in [-0.25, -0.2) is 13.2 Å². The van der Waals surface area contributed by atoms with E-state index in [2.05, 4.69) is 9.59 Å². The van der Waals surface area contributed by atoms with Gasteiger partial charge in [-0.3, -0.25) is 4.79 Å². The molecule has 0 saturated carbocycles. The maximum atomic E-state index is 13.7. The number of halogens is 3. The molecule has 0 aliphatic heterocycles. The second kappa shape index (κ2) is 5.58. The number of anilines is 1. The fourth-order valence-electron chi connectivity index (χ4n) is 1.63. The molecule has 0 bridgehead atoms. The van der Waals surface area contributed by atoms with Crippen molar-refractivity contribution in [2.24, 2.45) is 0 Å². The molecule has 1 aromatic heterocycles. The summed E-state index contributed by atoms with van der Waals surface area (Å²) in [4.78, 5) is 12.8. The highest BCUT2D eigenvalue weighted by Gasteiger charge is 2.27. The maximum Gasteiger partial charge on any atom is 0.283 e. The minimum atomic E-state index is -2.90. The molecule has 0 radical (unpaired) electrons. The molecule has 0 N–H and O–H groups in total. The molecule has 1 aromatic carbocycles. The van der Waals surface area contributed by atoms with Crippen molar-refractivity contribution in [2.75, 3.05) is 11.9 Å². The third kappa shape index (κ3) is 2.64. The van der Waals surface area contributed by atoms with E-state index in [0.717, 1.165) is 10.5 Å². The molecule has 20 heavy (non-hydrogen) atoms. The summed E-state index contributed by atoms with van der Waals surface area (Å²) in [5, 5.41) is 3.23. The number of aryl methyl sites for hydroxylation is 1. The zero-order valence-electron chi connectivity index (χ0n) is 10.6. The smallest absolute Gasteiger partial charge is 0.283 e. The number of carbonyl (C=O) groups is 1. The van der Waals surface area contributed by atoms with E-state index in [1.54, 1.807) is 13.0 Å². The van der Waals surface area contributed by atoms with Gasteiger partial charge in [0.15, 0.2) is 5.69 Å². The summed E-state index contributed by atoms with van der Waals surface area (Å²) in [7, 11) is 1.31. The molecule has 1 heterocycles. The van der Waals surface area contributed by atoms with Gasteiger partial charge >= 0.3 is 0 Å². The molecule has 0 unspecified atom stereocenters. The van der Waals surface area contributed by atoms with Crippen LogP contribution in [0.5, 0.6) is 0 Å². The van der Waals surface area contributed by atoms with Gasteiger partial charge in [0.2, 0.25) is 0 Å². The van der Waals surface area contributed by atoms with Gasteiger partial charge in [0, 0.05) is 7.05 Å². The van der Waals surface area contributed by atoms with E-state index in [1.807, 2.05) is 0 Å². The molecular formula is C12H10F3N3OS. The lowest BCUT2D eigenvalue weighted by atomic mass is 10.2. The van der Waals surface area contributed by atoms with Crippen LogP contribution in [0.4, 0.5) is 18.9 Å². The van der Waals surface area contributed by atoms with Crippen molar-refractivity contribution < 1.29 is 18.0 Å². The second-order valence-corrected chi connectivity index (χ2v) is 4.86. The van der Waals surface area contributed by atoms with E-state index >= 15 is 0 Å². The summed E-state index contributed by atoms with van der Waals surface area (Å²) in [5.41, 5.74) is 0.0843. The fraction of sp³-hybridized carbons (Fsp3) is 0.250. The zero-order chi connectivity index (χ0) is 14.9. The fourth-order valence-corrected chi connectivity index (χ4v) is 2.28. The average Bonchev–Trinajstić information content (AvgIpc) is 2.89. The van der Waals surface area contributed by atoms with Gasteiger partial charge in [-0.05, 0) is 36.2 Å². The summed E-state index contributed by atoms with van der Waals surface area (Å²) < 4.78 is 42.4. The van der Waals surface area contributed by atoms with Crippen LogP contribution in [-0.2, 0) is 0 Å². The number of amides is 1. The molecule has 0 fully saturated rings. The van der Waals surface area contributed by atoms with E-state index in [9.17, 15) is 18.0 Å². The number of alkyl halides is 2. The topological polar surface area (TPSA) is 46.1 Å². The van der Waals surface area contributed by atoms with Crippen molar-refractivity contribution >= 4 is 23.1 Å². The predicted octanol–water partition coefficient (Wildman–Crippen LogP) is 3.20. The third-order valence-electron chi connectivity index (χ3n) is 2.68. The standard InChI is InChI=1S/C12H10F3N3OS/c1-6-3-4-7(13)8(5-6)18(2)12(19)10-9(11(14)15)16-17-20-10/h3-5,11H,1-2H3. The maximum absolute atomic E-state index is 13.7. The van der Waals surface area contributed by atoms with Crippen LogP contribution in [0.3, 0.4) is 0 Å². The van der Waals surface area contributed by atoms with E-state index in [4.69, 9.17) is 0 Å². The van der Waals surface area contributed by atoms with Crippen LogP contribution in [0, 0.1) is 12.7 Å². The summed E-state index contributed by atoms with van der Waals surface area (Å²) in [6, 6.07) is 4.23. The monoisotopic (exact) mass is 301 g/mol. The van der Waals surface area contributed by atoms with Crippen molar-refractivity contribution in [2.45, 2.75) is 13.3 Å². The molecule has 2 rings (SSSR count). The number of carbonyl (C=O) groups excluding carboxylic acids is 1. The van der Waals surface area contributed by atoms with Gasteiger partial charge in [0.05, 0.1) is 5.69 Å². The average molecular weight is 301 g/mol. The van der Waals surface area contributed by atoms with Crippen LogP contribution in [0.25, 0.3) is 0 Å². The molecular weight excluding hydrogens is 291 g/mol. The second-order valence-electron chi connectivity index (χ2n) is 4.11. The van der Waals surface area contributed by atoms with E-state index in [1.165, 1.54) is 19.2 Å². The van der Waals surface area contributed by atoms with Gasteiger partial charge in [-0.1, -0.05) is 10.6 Å². The molecule has 8 heteroatoms. The summed E-state index contributed by atoms with van der Waals surface area (Å²) in [5.74, 6) is -1.37. The Kier molecular flexibility index (Phi) is 4.03. The number of hydrogen-bond acceptors (Lipinski definition) is 4. The van der Waals surface area contributed by atoms with Gasteiger partial charge in [-0.15, -0.1) is 5.10 Å². The van der Waals surface area contributed by atoms with Crippen molar-refractivity contribution in [3.63, 3.8) is 0 Å². The highest BCUT2D eigenvalue weighted by Crippen LogP contribution is 2.27. The van der Waals surface area contributed by atoms with Crippen LogP contribution in [0.1, 0.15) is 27.4 Å². The van der Waals surface area contributed by atoms with Gasteiger partial charge < -0.3 is 4.90 Å². The normalized spacial score (nSPS) is 10.9. The first-order chi connectivity index (χ1) is 9.41. The Bertz CT molecular complexity index is 645. The highest BCUT2D eigenvalue weighted by atomic mass is 32.1. The quantitative estimate of drug-likeness (QED) is 0.874.